The maximum atomic E-state index is 12.9. The number of nitrogen functional groups attached to an aromatic ring is 1. The number of hydrogen-bond donors (Lipinski definition) is 3. The number of nitrogens with one attached hydrogen (secondary N) is 2. The molecule has 0 saturated carbocycles. The third-order valence-corrected chi connectivity index (χ3v) is 3.12. The van der Waals surface area contributed by atoms with Gasteiger partial charge in [0.15, 0.2) is 5.69 Å². The van der Waals surface area contributed by atoms with E-state index in [1.165, 1.54) is 12.1 Å². The van der Waals surface area contributed by atoms with Crippen LogP contribution in [-0.2, 0) is 0 Å². The molecule has 0 spiro atoms. The molecule has 0 radical (unpaired) electrons. The predicted octanol–water partition coefficient (Wildman–Crippen LogP) is 3.16. The van der Waals surface area contributed by atoms with Crippen LogP contribution in [0.15, 0.2) is 18.2 Å². The zero-order valence-electron chi connectivity index (χ0n) is 11.0. The van der Waals surface area contributed by atoms with E-state index in [0.717, 1.165) is 6.07 Å². The molecule has 20 heavy (non-hydrogen) atoms. The molecule has 7 heteroatoms. The van der Waals surface area contributed by atoms with Crippen LogP contribution in [0.25, 0.3) is 0 Å². The van der Waals surface area contributed by atoms with E-state index < -0.39 is 11.7 Å². The maximum absolute atomic E-state index is 12.9. The van der Waals surface area contributed by atoms with E-state index in [-0.39, 0.29) is 16.6 Å². The first-order valence-corrected chi connectivity index (χ1v) is 6.38. The van der Waals surface area contributed by atoms with Gasteiger partial charge in [0.05, 0.1) is 22.1 Å². The van der Waals surface area contributed by atoms with Gasteiger partial charge in [-0.15, -0.1) is 0 Å². The van der Waals surface area contributed by atoms with Crippen LogP contribution in [0, 0.1) is 5.82 Å². The fraction of sp³-hybridized carbons (Fsp3) is 0.231. The molecule has 0 aliphatic carbocycles. The normalized spacial score (nSPS) is 10.8. The average molecular weight is 297 g/mol. The van der Waals surface area contributed by atoms with Gasteiger partial charge in [-0.25, -0.2) is 4.39 Å². The highest BCUT2D eigenvalue weighted by atomic mass is 35.5. The smallest absolute Gasteiger partial charge is 0.278 e. The van der Waals surface area contributed by atoms with Gasteiger partial charge in [-0.1, -0.05) is 25.4 Å². The lowest BCUT2D eigenvalue weighted by atomic mass is 10.1. The molecule has 5 nitrogen and oxygen atoms in total. The summed E-state index contributed by atoms with van der Waals surface area (Å²) in [5.41, 5.74) is 7.26. The van der Waals surface area contributed by atoms with Crippen LogP contribution in [0.5, 0.6) is 0 Å². The van der Waals surface area contributed by atoms with Gasteiger partial charge in [0.2, 0.25) is 0 Å². The molecule has 1 amide bonds. The van der Waals surface area contributed by atoms with Gasteiger partial charge in [0.25, 0.3) is 5.91 Å². The zero-order valence-corrected chi connectivity index (χ0v) is 11.8. The van der Waals surface area contributed by atoms with Gasteiger partial charge in [0.1, 0.15) is 5.82 Å². The first-order chi connectivity index (χ1) is 9.40. The Labute approximate surface area is 120 Å². The molecular formula is C13H14ClFN4O. The Balaban J connectivity index is 2.24. The van der Waals surface area contributed by atoms with Crippen LogP contribution >= 0.6 is 11.6 Å². The Morgan fingerprint density at radius 2 is 2.20 bits per heavy atom. The number of aromatic nitrogens is 2. The standard InChI is InChI=1S/C13H14ClFN4O/c1-6(2)11-10(16)12(19-18-11)13(20)17-9-4-3-7(15)5-8(9)14/h3-6H,16H2,1-2H3,(H,17,20)(H,18,19). The summed E-state index contributed by atoms with van der Waals surface area (Å²) < 4.78 is 12.9. The third kappa shape index (κ3) is 2.75. The van der Waals surface area contributed by atoms with Crippen LogP contribution in [-0.4, -0.2) is 16.1 Å². The number of rotatable bonds is 3. The number of halogens is 2. The van der Waals surface area contributed by atoms with E-state index in [1.54, 1.807) is 0 Å². The molecule has 2 aromatic rings. The van der Waals surface area contributed by atoms with Gasteiger partial charge in [-0.2, -0.15) is 5.10 Å². The Morgan fingerprint density at radius 3 is 2.75 bits per heavy atom. The predicted molar refractivity (Wildman–Crippen MR) is 76.5 cm³/mol. The lowest BCUT2D eigenvalue weighted by Crippen LogP contribution is -2.14. The van der Waals surface area contributed by atoms with Gasteiger partial charge in [-0.05, 0) is 24.1 Å². The Kier molecular flexibility index (Phi) is 3.94. The fourth-order valence-corrected chi connectivity index (χ4v) is 1.96. The molecule has 0 aliphatic heterocycles. The first kappa shape index (κ1) is 14.3. The van der Waals surface area contributed by atoms with Crippen LogP contribution in [0.3, 0.4) is 0 Å². The first-order valence-electron chi connectivity index (χ1n) is 6.00. The lowest BCUT2D eigenvalue weighted by molar-refractivity contribution is 0.102. The summed E-state index contributed by atoms with van der Waals surface area (Å²) in [5, 5.41) is 9.29. The molecule has 1 aromatic heterocycles. The van der Waals surface area contributed by atoms with Crippen molar-refractivity contribution < 1.29 is 9.18 Å². The molecule has 1 aromatic carbocycles. The minimum atomic E-state index is -0.501. The van der Waals surface area contributed by atoms with Crippen molar-refractivity contribution >= 4 is 28.9 Å². The number of carbonyl (C=O) groups is 1. The molecule has 0 bridgehead atoms. The van der Waals surface area contributed by atoms with Crippen LogP contribution < -0.4 is 11.1 Å². The molecule has 1 heterocycles. The molecule has 0 saturated heterocycles. The van der Waals surface area contributed by atoms with Gasteiger partial charge < -0.3 is 11.1 Å². The van der Waals surface area contributed by atoms with E-state index in [1.807, 2.05) is 13.8 Å². The van der Waals surface area contributed by atoms with Crippen molar-refractivity contribution in [1.82, 2.24) is 10.2 Å². The number of nitrogens with zero attached hydrogens (tertiary/aromatic N) is 1. The average Bonchev–Trinajstić information content (AvgIpc) is 2.74. The van der Waals surface area contributed by atoms with Crippen molar-refractivity contribution in [3.05, 3.63) is 40.4 Å². The van der Waals surface area contributed by atoms with Gasteiger partial charge in [-0.3, -0.25) is 9.89 Å². The second kappa shape index (κ2) is 5.50. The summed E-state index contributed by atoms with van der Waals surface area (Å²) in [7, 11) is 0. The van der Waals surface area contributed by atoms with Crippen molar-refractivity contribution in [2.24, 2.45) is 0 Å². The van der Waals surface area contributed by atoms with Gasteiger partial charge in [0, 0.05) is 0 Å². The summed E-state index contributed by atoms with van der Waals surface area (Å²) in [6, 6.07) is 3.70. The lowest BCUT2D eigenvalue weighted by Gasteiger charge is -2.06. The number of amides is 1. The number of anilines is 2. The van der Waals surface area contributed by atoms with Crippen molar-refractivity contribution in [3.8, 4) is 0 Å². The number of hydrogen-bond acceptors (Lipinski definition) is 3. The van der Waals surface area contributed by atoms with Crippen molar-refractivity contribution in [2.45, 2.75) is 19.8 Å². The highest BCUT2D eigenvalue weighted by Gasteiger charge is 2.19. The summed E-state index contributed by atoms with van der Waals surface area (Å²) in [5.74, 6) is -0.855. The zero-order chi connectivity index (χ0) is 14.9. The monoisotopic (exact) mass is 296 g/mol. The second-order valence-electron chi connectivity index (χ2n) is 4.63. The van der Waals surface area contributed by atoms with Crippen molar-refractivity contribution in [2.75, 3.05) is 11.1 Å². The molecule has 4 N–H and O–H groups in total. The Bertz CT molecular complexity index is 654. The topological polar surface area (TPSA) is 83.8 Å². The van der Waals surface area contributed by atoms with E-state index in [9.17, 15) is 9.18 Å². The minimum absolute atomic E-state index is 0.0918. The molecule has 106 valence electrons. The number of benzene rings is 1. The van der Waals surface area contributed by atoms with E-state index in [4.69, 9.17) is 17.3 Å². The van der Waals surface area contributed by atoms with Crippen molar-refractivity contribution in [3.63, 3.8) is 0 Å². The molecule has 0 unspecified atom stereocenters. The van der Waals surface area contributed by atoms with E-state index in [2.05, 4.69) is 15.5 Å². The molecule has 2 rings (SSSR count). The second-order valence-corrected chi connectivity index (χ2v) is 5.04. The summed E-state index contributed by atoms with van der Waals surface area (Å²) in [6.07, 6.45) is 0. The molecule has 0 aliphatic rings. The SMILES string of the molecule is CC(C)c1[nH]nc(C(=O)Nc2ccc(F)cc2Cl)c1N. The van der Waals surface area contributed by atoms with Gasteiger partial charge >= 0.3 is 0 Å². The highest BCUT2D eigenvalue weighted by Crippen LogP contribution is 2.25. The summed E-state index contributed by atoms with van der Waals surface area (Å²) in [4.78, 5) is 12.1. The van der Waals surface area contributed by atoms with E-state index >= 15 is 0 Å². The molecule has 0 atom stereocenters. The molecule has 0 fully saturated rings. The van der Waals surface area contributed by atoms with Crippen LogP contribution in [0.1, 0.15) is 35.9 Å². The summed E-state index contributed by atoms with van der Waals surface area (Å²) >= 11 is 5.84. The fourth-order valence-electron chi connectivity index (χ4n) is 1.75. The maximum Gasteiger partial charge on any atom is 0.278 e. The summed E-state index contributed by atoms with van der Waals surface area (Å²) in [6.45, 7) is 3.87. The van der Waals surface area contributed by atoms with E-state index in [0.29, 0.717) is 17.1 Å². The Morgan fingerprint density at radius 1 is 1.50 bits per heavy atom. The number of H-pyrrole nitrogens is 1. The number of aromatic amines is 1. The molecular weight excluding hydrogens is 283 g/mol. The quantitative estimate of drug-likeness (QED) is 0.813. The largest absolute Gasteiger partial charge is 0.395 e. The van der Waals surface area contributed by atoms with Crippen molar-refractivity contribution in [1.29, 1.82) is 0 Å². The number of carbonyl (C=O) groups excluding carboxylic acids is 1. The van der Waals surface area contributed by atoms with Crippen LogP contribution in [0.2, 0.25) is 5.02 Å². The highest BCUT2D eigenvalue weighted by molar-refractivity contribution is 6.34. The minimum Gasteiger partial charge on any atom is -0.395 e. The Hall–Kier alpha value is -2.08. The third-order valence-electron chi connectivity index (χ3n) is 2.81. The number of nitrogens with two attached hydrogens (primary N) is 1. The van der Waals surface area contributed by atoms with Crippen LogP contribution in [0.4, 0.5) is 15.8 Å².